The maximum atomic E-state index is 6.22. The molecule has 100 valence electrons. The standard InChI is InChI=1S/C14H20BrClN2/c1-2-18-7-3-4-13(10-18)17-9-11-5-6-12(15)8-14(11)16/h5-6,8,13,17H,2-4,7,9-10H2,1H3. The topological polar surface area (TPSA) is 15.3 Å². The summed E-state index contributed by atoms with van der Waals surface area (Å²) in [4.78, 5) is 2.50. The Morgan fingerprint density at radius 2 is 2.33 bits per heavy atom. The van der Waals surface area contributed by atoms with Crippen LogP contribution in [-0.4, -0.2) is 30.6 Å². The second-order valence-corrected chi connectivity index (χ2v) is 6.17. The molecule has 2 nitrogen and oxygen atoms in total. The third-order valence-corrected chi connectivity index (χ3v) is 4.39. The fourth-order valence-electron chi connectivity index (χ4n) is 2.43. The van der Waals surface area contributed by atoms with E-state index in [2.05, 4.69) is 39.1 Å². The van der Waals surface area contributed by atoms with E-state index in [0.717, 1.165) is 29.1 Å². The molecule has 0 bridgehead atoms. The van der Waals surface area contributed by atoms with Gasteiger partial charge in [-0.05, 0) is 43.6 Å². The molecule has 1 N–H and O–H groups in total. The second-order valence-electron chi connectivity index (χ2n) is 4.85. The van der Waals surface area contributed by atoms with Gasteiger partial charge in [-0.25, -0.2) is 0 Å². The van der Waals surface area contributed by atoms with Crippen molar-refractivity contribution in [2.75, 3.05) is 19.6 Å². The molecule has 0 aliphatic carbocycles. The summed E-state index contributed by atoms with van der Waals surface area (Å²) in [7, 11) is 0. The number of benzene rings is 1. The molecular weight excluding hydrogens is 312 g/mol. The minimum Gasteiger partial charge on any atom is -0.309 e. The predicted octanol–water partition coefficient (Wildman–Crippen LogP) is 3.68. The zero-order valence-corrected chi connectivity index (χ0v) is 13.1. The first-order valence-electron chi connectivity index (χ1n) is 6.58. The number of likely N-dealkylation sites (tertiary alicyclic amines) is 1. The Balaban J connectivity index is 1.87. The van der Waals surface area contributed by atoms with E-state index in [1.165, 1.54) is 24.9 Å². The van der Waals surface area contributed by atoms with Gasteiger partial charge in [-0.2, -0.15) is 0 Å². The van der Waals surface area contributed by atoms with Gasteiger partial charge in [0.2, 0.25) is 0 Å². The molecule has 1 aliphatic rings. The van der Waals surface area contributed by atoms with E-state index in [0.29, 0.717) is 6.04 Å². The highest BCUT2D eigenvalue weighted by atomic mass is 79.9. The molecule has 1 fully saturated rings. The van der Waals surface area contributed by atoms with Crippen LogP contribution in [0.4, 0.5) is 0 Å². The van der Waals surface area contributed by atoms with Crippen LogP contribution in [-0.2, 0) is 6.54 Å². The van der Waals surface area contributed by atoms with Crippen molar-refractivity contribution in [3.05, 3.63) is 33.3 Å². The summed E-state index contributed by atoms with van der Waals surface area (Å²) in [5, 5.41) is 4.45. The van der Waals surface area contributed by atoms with Crippen LogP contribution >= 0.6 is 27.5 Å². The molecule has 0 radical (unpaired) electrons. The van der Waals surface area contributed by atoms with Gasteiger partial charge in [-0.1, -0.05) is 40.5 Å². The normalized spacial score (nSPS) is 21.2. The highest BCUT2D eigenvalue weighted by molar-refractivity contribution is 9.10. The minimum atomic E-state index is 0.596. The van der Waals surface area contributed by atoms with Gasteiger partial charge in [0.1, 0.15) is 0 Å². The summed E-state index contributed by atoms with van der Waals surface area (Å²) in [6, 6.07) is 6.68. The first kappa shape index (κ1) is 14.3. The molecule has 1 aromatic rings. The van der Waals surface area contributed by atoms with Gasteiger partial charge in [0.05, 0.1) is 0 Å². The van der Waals surface area contributed by atoms with Gasteiger partial charge in [-0.15, -0.1) is 0 Å². The summed E-state index contributed by atoms with van der Waals surface area (Å²) in [5.41, 5.74) is 1.17. The number of hydrogen-bond donors (Lipinski definition) is 1. The molecule has 0 saturated carbocycles. The van der Waals surface area contributed by atoms with Crippen molar-refractivity contribution in [3.63, 3.8) is 0 Å². The van der Waals surface area contributed by atoms with Crippen molar-refractivity contribution < 1.29 is 0 Å². The number of piperidine rings is 1. The third kappa shape index (κ3) is 3.95. The molecule has 1 atom stereocenters. The van der Waals surface area contributed by atoms with E-state index in [-0.39, 0.29) is 0 Å². The summed E-state index contributed by atoms with van der Waals surface area (Å²) >= 11 is 9.65. The molecule has 0 amide bonds. The van der Waals surface area contributed by atoms with Gasteiger partial charge < -0.3 is 10.2 Å². The zero-order chi connectivity index (χ0) is 13.0. The number of likely N-dealkylation sites (N-methyl/N-ethyl adjacent to an activating group) is 1. The zero-order valence-electron chi connectivity index (χ0n) is 10.8. The molecule has 1 aromatic carbocycles. The fourth-order valence-corrected chi connectivity index (χ4v) is 3.17. The molecule has 4 heteroatoms. The van der Waals surface area contributed by atoms with Gasteiger partial charge in [0, 0.05) is 28.6 Å². The van der Waals surface area contributed by atoms with Crippen LogP contribution in [0.3, 0.4) is 0 Å². The summed E-state index contributed by atoms with van der Waals surface area (Å²) in [6.07, 6.45) is 2.56. The average Bonchev–Trinajstić information content (AvgIpc) is 2.38. The average molecular weight is 332 g/mol. The van der Waals surface area contributed by atoms with Crippen molar-refractivity contribution in [3.8, 4) is 0 Å². The fraction of sp³-hybridized carbons (Fsp3) is 0.571. The molecule has 1 unspecified atom stereocenters. The van der Waals surface area contributed by atoms with Crippen LogP contribution in [0.25, 0.3) is 0 Å². The molecule has 0 spiro atoms. The molecule has 18 heavy (non-hydrogen) atoms. The monoisotopic (exact) mass is 330 g/mol. The Kier molecular flexibility index (Phi) is 5.49. The molecule has 1 aliphatic heterocycles. The van der Waals surface area contributed by atoms with Crippen molar-refractivity contribution in [2.45, 2.75) is 32.4 Å². The first-order chi connectivity index (χ1) is 8.69. The smallest absolute Gasteiger partial charge is 0.0462 e. The van der Waals surface area contributed by atoms with E-state index in [4.69, 9.17) is 11.6 Å². The highest BCUT2D eigenvalue weighted by Crippen LogP contribution is 2.21. The van der Waals surface area contributed by atoms with E-state index in [1.807, 2.05) is 12.1 Å². The van der Waals surface area contributed by atoms with Gasteiger partial charge >= 0.3 is 0 Å². The summed E-state index contributed by atoms with van der Waals surface area (Å²) in [5.74, 6) is 0. The molecule has 1 heterocycles. The second kappa shape index (κ2) is 6.90. The first-order valence-corrected chi connectivity index (χ1v) is 7.76. The Morgan fingerprint density at radius 3 is 3.06 bits per heavy atom. The van der Waals surface area contributed by atoms with Crippen LogP contribution in [0.5, 0.6) is 0 Å². The number of halogens is 2. The largest absolute Gasteiger partial charge is 0.309 e. The lowest BCUT2D eigenvalue weighted by Crippen LogP contribution is -2.45. The summed E-state index contributed by atoms with van der Waals surface area (Å²) < 4.78 is 1.03. The SMILES string of the molecule is CCN1CCCC(NCc2ccc(Br)cc2Cl)C1. The highest BCUT2D eigenvalue weighted by Gasteiger charge is 2.18. The maximum absolute atomic E-state index is 6.22. The number of nitrogens with zero attached hydrogens (tertiary/aromatic N) is 1. The van der Waals surface area contributed by atoms with Crippen LogP contribution < -0.4 is 5.32 Å². The Hall–Kier alpha value is -0.0900. The Morgan fingerprint density at radius 1 is 1.50 bits per heavy atom. The van der Waals surface area contributed by atoms with Crippen molar-refractivity contribution >= 4 is 27.5 Å². The van der Waals surface area contributed by atoms with Crippen molar-refractivity contribution in [1.82, 2.24) is 10.2 Å². The van der Waals surface area contributed by atoms with Crippen LogP contribution in [0.15, 0.2) is 22.7 Å². The summed E-state index contributed by atoms with van der Waals surface area (Å²) in [6.45, 7) is 6.64. The molecule has 1 saturated heterocycles. The van der Waals surface area contributed by atoms with E-state index >= 15 is 0 Å². The number of rotatable bonds is 4. The van der Waals surface area contributed by atoms with Crippen LogP contribution in [0.1, 0.15) is 25.3 Å². The minimum absolute atomic E-state index is 0.596. The van der Waals surface area contributed by atoms with E-state index in [1.54, 1.807) is 0 Å². The van der Waals surface area contributed by atoms with Gasteiger partial charge in [0.25, 0.3) is 0 Å². The van der Waals surface area contributed by atoms with E-state index in [9.17, 15) is 0 Å². The van der Waals surface area contributed by atoms with Crippen molar-refractivity contribution in [2.24, 2.45) is 0 Å². The number of hydrogen-bond acceptors (Lipinski definition) is 2. The van der Waals surface area contributed by atoms with Crippen molar-refractivity contribution in [1.29, 1.82) is 0 Å². The quantitative estimate of drug-likeness (QED) is 0.905. The molecule has 0 aromatic heterocycles. The Bertz CT molecular complexity index is 397. The maximum Gasteiger partial charge on any atom is 0.0462 e. The third-order valence-electron chi connectivity index (χ3n) is 3.55. The predicted molar refractivity (Wildman–Crippen MR) is 81.1 cm³/mol. The van der Waals surface area contributed by atoms with Crippen LogP contribution in [0, 0.1) is 0 Å². The van der Waals surface area contributed by atoms with E-state index < -0.39 is 0 Å². The van der Waals surface area contributed by atoms with Crippen LogP contribution in [0.2, 0.25) is 5.02 Å². The lowest BCUT2D eigenvalue weighted by Gasteiger charge is -2.32. The Labute approximate surface area is 123 Å². The molecular formula is C14H20BrClN2. The number of nitrogens with one attached hydrogen (secondary N) is 1. The van der Waals surface area contributed by atoms with Gasteiger partial charge in [0.15, 0.2) is 0 Å². The molecule has 2 rings (SSSR count). The lowest BCUT2D eigenvalue weighted by molar-refractivity contribution is 0.198. The lowest BCUT2D eigenvalue weighted by atomic mass is 10.1. The van der Waals surface area contributed by atoms with Gasteiger partial charge in [-0.3, -0.25) is 0 Å².